The molecule has 6 aromatic carbocycles. The van der Waals surface area contributed by atoms with Gasteiger partial charge in [0.25, 0.3) is 0 Å². The van der Waals surface area contributed by atoms with Crippen LogP contribution >= 0.6 is 0 Å². The summed E-state index contributed by atoms with van der Waals surface area (Å²) in [6, 6.07) is 49.0. The third-order valence-corrected chi connectivity index (χ3v) is 6.83. The maximum absolute atomic E-state index is 6.37. The second-order valence-corrected chi connectivity index (χ2v) is 9.00. The largest absolute Gasteiger partial charge is 0.456 e. The first kappa shape index (κ1) is 20.5. The van der Waals surface area contributed by atoms with E-state index in [9.17, 15) is 0 Å². The van der Waals surface area contributed by atoms with Crippen LogP contribution in [0.2, 0.25) is 0 Å². The number of nitrogens with zero attached hydrogens (tertiary/aromatic N) is 1. The number of rotatable bonds is 4. The van der Waals surface area contributed by atoms with Crippen molar-refractivity contribution in [2.45, 2.75) is 0 Å². The molecule has 0 saturated carbocycles. The topological polar surface area (TPSA) is 16.4 Å². The van der Waals surface area contributed by atoms with Crippen molar-refractivity contribution in [1.82, 2.24) is 0 Å². The quantitative estimate of drug-likeness (QED) is 0.259. The Morgan fingerprint density at radius 1 is 0.444 bits per heavy atom. The predicted molar refractivity (Wildman–Crippen MR) is 151 cm³/mol. The summed E-state index contributed by atoms with van der Waals surface area (Å²) in [6.45, 7) is 0. The van der Waals surface area contributed by atoms with Crippen LogP contribution in [0.25, 0.3) is 43.8 Å². The van der Waals surface area contributed by atoms with E-state index in [0.29, 0.717) is 0 Å². The number of anilines is 3. The summed E-state index contributed by atoms with van der Waals surface area (Å²) in [5, 5.41) is 4.59. The van der Waals surface area contributed by atoms with Gasteiger partial charge in [-0.25, -0.2) is 0 Å². The van der Waals surface area contributed by atoms with Gasteiger partial charge in [-0.15, -0.1) is 0 Å². The molecular weight excluding hydrogens is 438 g/mol. The molecule has 0 fully saturated rings. The minimum atomic E-state index is 0.895. The highest BCUT2D eigenvalue weighted by Crippen LogP contribution is 2.47. The molecule has 2 heteroatoms. The predicted octanol–water partition coefficient (Wildman–Crippen LogP) is 9.88. The van der Waals surface area contributed by atoms with Crippen molar-refractivity contribution in [3.63, 3.8) is 0 Å². The molecule has 0 amide bonds. The van der Waals surface area contributed by atoms with E-state index in [-0.39, 0.29) is 0 Å². The molecule has 0 spiro atoms. The van der Waals surface area contributed by atoms with E-state index in [1.54, 1.807) is 0 Å². The van der Waals surface area contributed by atoms with E-state index in [4.69, 9.17) is 4.42 Å². The number of para-hydroxylation sites is 2. The zero-order chi connectivity index (χ0) is 23.9. The minimum absolute atomic E-state index is 0.895. The second kappa shape index (κ2) is 8.44. The number of furan rings is 1. The van der Waals surface area contributed by atoms with Crippen LogP contribution in [-0.2, 0) is 0 Å². The third-order valence-electron chi connectivity index (χ3n) is 6.83. The molecule has 36 heavy (non-hydrogen) atoms. The number of fused-ring (bicyclic) bond motifs is 4. The fourth-order valence-electron chi connectivity index (χ4n) is 5.17. The van der Waals surface area contributed by atoms with Crippen LogP contribution in [0.3, 0.4) is 0 Å². The van der Waals surface area contributed by atoms with Crippen LogP contribution in [-0.4, -0.2) is 0 Å². The van der Waals surface area contributed by atoms with E-state index in [1.165, 1.54) is 16.5 Å². The summed E-state index contributed by atoms with van der Waals surface area (Å²) in [5.41, 5.74) is 7.54. The highest BCUT2D eigenvalue weighted by atomic mass is 16.3. The fourth-order valence-corrected chi connectivity index (χ4v) is 5.17. The highest BCUT2D eigenvalue weighted by molar-refractivity contribution is 6.21. The summed E-state index contributed by atoms with van der Waals surface area (Å²) >= 11 is 0. The molecule has 2 nitrogen and oxygen atoms in total. The van der Waals surface area contributed by atoms with Gasteiger partial charge in [0.05, 0.1) is 11.1 Å². The van der Waals surface area contributed by atoms with Crippen molar-refractivity contribution in [3.05, 3.63) is 140 Å². The van der Waals surface area contributed by atoms with Crippen molar-refractivity contribution >= 4 is 49.8 Å². The summed E-state index contributed by atoms with van der Waals surface area (Å²) in [6.07, 6.45) is 0. The Labute approximate surface area is 209 Å². The van der Waals surface area contributed by atoms with E-state index in [0.717, 1.165) is 44.4 Å². The average molecular weight is 462 g/mol. The van der Waals surface area contributed by atoms with Gasteiger partial charge < -0.3 is 9.32 Å². The molecule has 0 bridgehead atoms. The molecule has 0 N–H and O–H groups in total. The van der Waals surface area contributed by atoms with Gasteiger partial charge >= 0.3 is 0 Å². The van der Waals surface area contributed by atoms with Gasteiger partial charge in [0.2, 0.25) is 0 Å². The first-order chi connectivity index (χ1) is 17.9. The van der Waals surface area contributed by atoms with Gasteiger partial charge in [0.1, 0.15) is 11.2 Å². The lowest BCUT2D eigenvalue weighted by Gasteiger charge is -2.28. The molecule has 0 aliphatic rings. The Hall–Kier alpha value is -4.82. The molecule has 7 aromatic rings. The Bertz CT molecular complexity index is 1820. The van der Waals surface area contributed by atoms with Crippen molar-refractivity contribution < 1.29 is 4.42 Å². The molecule has 0 saturated heterocycles. The van der Waals surface area contributed by atoms with Crippen LogP contribution in [0.15, 0.2) is 144 Å². The van der Waals surface area contributed by atoms with Gasteiger partial charge in [0, 0.05) is 22.1 Å². The van der Waals surface area contributed by atoms with Gasteiger partial charge in [-0.05, 0) is 52.9 Å². The molecule has 1 aromatic heterocycles. The van der Waals surface area contributed by atoms with E-state index < -0.39 is 0 Å². The number of benzene rings is 6. The van der Waals surface area contributed by atoms with Crippen molar-refractivity contribution in [2.75, 3.05) is 4.90 Å². The molecule has 0 unspecified atom stereocenters. The molecule has 170 valence electrons. The lowest BCUT2D eigenvalue weighted by atomic mass is 10.00. The first-order valence-electron chi connectivity index (χ1n) is 12.2. The van der Waals surface area contributed by atoms with Gasteiger partial charge in [0.15, 0.2) is 0 Å². The van der Waals surface area contributed by atoms with Gasteiger partial charge in [-0.2, -0.15) is 0 Å². The van der Waals surface area contributed by atoms with Crippen LogP contribution in [0.5, 0.6) is 0 Å². The molecule has 7 rings (SSSR count). The van der Waals surface area contributed by atoms with E-state index in [1.807, 2.05) is 12.1 Å². The normalized spacial score (nSPS) is 11.3. The lowest BCUT2D eigenvalue weighted by Crippen LogP contribution is -2.11. The van der Waals surface area contributed by atoms with Crippen molar-refractivity contribution in [3.8, 4) is 11.1 Å². The summed E-state index contributed by atoms with van der Waals surface area (Å²) in [7, 11) is 0. The number of hydrogen-bond donors (Lipinski definition) is 0. The maximum Gasteiger partial charge on any atom is 0.138 e. The molecule has 0 aliphatic heterocycles. The van der Waals surface area contributed by atoms with E-state index in [2.05, 4.69) is 132 Å². The number of hydrogen-bond acceptors (Lipinski definition) is 2. The Morgan fingerprint density at radius 2 is 1.03 bits per heavy atom. The standard InChI is InChI=1S/C34H23NO/c1-3-11-24(12-4-1)25-19-21-28(22-20-25)35(27-14-5-2-6-15-27)34-29-16-8-7-13-26(29)23-32-33(34)30-17-9-10-18-31(30)36-32/h1-23H. The Balaban J connectivity index is 1.54. The fraction of sp³-hybridized carbons (Fsp3) is 0. The first-order valence-corrected chi connectivity index (χ1v) is 12.2. The lowest BCUT2D eigenvalue weighted by molar-refractivity contribution is 0.669. The van der Waals surface area contributed by atoms with Crippen molar-refractivity contribution in [2.24, 2.45) is 0 Å². The van der Waals surface area contributed by atoms with Crippen molar-refractivity contribution in [1.29, 1.82) is 0 Å². The average Bonchev–Trinajstić information content (AvgIpc) is 3.32. The SMILES string of the molecule is c1ccc(-c2ccc(N(c3ccccc3)c3c4ccccc4cc4oc5ccccc5c34)cc2)cc1. The molecular formula is C34H23NO. The maximum atomic E-state index is 6.37. The van der Waals surface area contributed by atoms with Crippen LogP contribution in [0, 0.1) is 0 Å². The molecule has 0 atom stereocenters. The third kappa shape index (κ3) is 3.35. The Morgan fingerprint density at radius 3 is 1.81 bits per heavy atom. The van der Waals surface area contributed by atoms with Crippen LogP contribution in [0.4, 0.5) is 17.1 Å². The molecule has 0 radical (unpaired) electrons. The molecule has 1 heterocycles. The van der Waals surface area contributed by atoms with Gasteiger partial charge in [-0.3, -0.25) is 0 Å². The zero-order valence-corrected chi connectivity index (χ0v) is 19.6. The molecule has 0 aliphatic carbocycles. The Kier molecular flexibility index (Phi) is 4.82. The van der Waals surface area contributed by atoms with E-state index >= 15 is 0 Å². The zero-order valence-electron chi connectivity index (χ0n) is 19.6. The smallest absolute Gasteiger partial charge is 0.138 e. The minimum Gasteiger partial charge on any atom is -0.456 e. The monoisotopic (exact) mass is 461 g/mol. The summed E-state index contributed by atoms with van der Waals surface area (Å²) in [4.78, 5) is 2.36. The second-order valence-electron chi connectivity index (χ2n) is 9.00. The van der Waals surface area contributed by atoms with Crippen LogP contribution < -0.4 is 4.90 Å². The van der Waals surface area contributed by atoms with Gasteiger partial charge in [-0.1, -0.05) is 103 Å². The van der Waals surface area contributed by atoms with Crippen LogP contribution in [0.1, 0.15) is 0 Å². The summed E-state index contributed by atoms with van der Waals surface area (Å²) < 4.78 is 6.37. The summed E-state index contributed by atoms with van der Waals surface area (Å²) in [5.74, 6) is 0. The highest BCUT2D eigenvalue weighted by Gasteiger charge is 2.22.